The molecule has 0 bridgehead atoms. The summed E-state index contributed by atoms with van der Waals surface area (Å²) in [7, 11) is 0. The maximum absolute atomic E-state index is 13.4. The Morgan fingerprint density at radius 2 is 1.89 bits per heavy atom. The van der Waals surface area contributed by atoms with Gasteiger partial charge in [0.15, 0.2) is 0 Å². The Morgan fingerprint density at radius 3 is 2.70 bits per heavy atom. The molecule has 1 aromatic heterocycles. The van der Waals surface area contributed by atoms with E-state index in [2.05, 4.69) is 10.3 Å². The molecule has 1 N–H and O–H groups in total. The summed E-state index contributed by atoms with van der Waals surface area (Å²) in [6, 6.07) is 18.7. The molecule has 1 fully saturated rings. The lowest BCUT2D eigenvalue weighted by molar-refractivity contribution is -0.127. The van der Waals surface area contributed by atoms with Gasteiger partial charge in [0.25, 0.3) is 5.91 Å². The van der Waals surface area contributed by atoms with Crippen molar-refractivity contribution in [3.05, 3.63) is 77.5 Å². The van der Waals surface area contributed by atoms with Crippen LogP contribution in [0.25, 0.3) is 10.9 Å². The highest BCUT2D eigenvalue weighted by molar-refractivity contribution is 6.07. The molecule has 0 spiro atoms. The zero-order valence-corrected chi connectivity index (χ0v) is 15.2. The van der Waals surface area contributed by atoms with E-state index in [0.29, 0.717) is 25.1 Å². The Morgan fingerprint density at radius 1 is 1.15 bits per heavy atom. The number of rotatable bonds is 3. The molecule has 5 nitrogen and oxygen atoms in total. The molecule has 0 saturated carbocycles. The molecule has 4 rings (SSSR count). The van der Waals surface area contributed by atoms with Crippen LogP contribution in [0.15, 0.2) is 60.7 Å². The summed E-state index contributed by atoms with van der Waals surface area (Å²) in [5, 5.41) is 3.71. The Balaban J connectivity index is 1.72. The zero-order chi connectivity index (χ0) is 18.8. The van der Waals surface area contributed by atoms with E-state index in [-0.39, 0.29) is 11.8 Å². The van der Waals surface area contributed by atoms with Crippen LogP contribution in [-0.2, 0) is 11.2 Å². The third-order valence-electron chi connectivity index (χ3n) is 4.94. The van der Waals surface area contributed by atoms with E-state index in [4.69, 9.17) is 0 Å². The Hall–Kier alpha value is -3.21. The third kappa shape index (κ3) is 3.40. The van der Waals surface area contributed by atoms with Gasteiger partial charge in [0.2, 0.25) is 5.91 Å². The number of hydrogen-bond acceptors (Lipinski definition) is 3. The molecule has 0 aliphatic carbocycles. The lowest BCUT2D eigenvalue weighted by Gasteiger charge is -2.35. The summed E-state index contributed by atoms with van der Waals surface area (Å²) in [4.78, 5) is 32.2. The molecule has 1 aliphatic rings. The quantitative estimate of drug-likeness (QED) is 0.782. The number of carbonyl (C=O) groups excluding carboxylic acids is 2. The van der Waals surface area contributed by atoms with Gasteiger partial charge in [-0.15, -0.1) is 0 Å². The topological polar surface area (TPSA) is 62.3 Å². The van der Waals surface area contributed by atoms with Crippen LogP contribution in [0.5, 0.6) is 0 Å². The Labute approximate surface area is 158 Å². The number of amides is 2. The van der Waals surface area contributed by atoms with Crippen molar-refractivity contribution in [2.45, 2.75) is 19.4 Å². The van der Waals surface area contributed by atoms with Gasteiger partial charge in [-0.2, -0.15) is 0 Å². The SMILES string of the molecule is Cc1cc(C(=O)N2CCNC(=O)[C@@H]2Cc2ccccc2)c2ccccc2n1. The Bertz CT molecular complexity index is 1000. The largest absolute Gasteiger partial charge is 0.353 e. The number of fused-ring (bicyclic) bond motifs is 1. The van der Waals surface area contributed by atoms with Crippen LogP contribution >= 0.6 is 0 Å². The minimum Gasteiger partial charge on any atom is -0.353 e. The lowest BCUT2D eigenvalue weighted by Crippen LogP contribution is -2.58. The van der Waals surface area contributed by atoms with Crippen LogP contribution in [0.4, 0.5) is 0 Å². The molecule has 27 heavy (non-hydrogen) atoms. The van der Waals surface area contributed by atoms with Gasteiger partial charge < -0.3 is 10.2 Å². The molecular weight excluding hydrogens is 338 g/mol. The number of aryl methyl sites for hydroxylation is 1. The first-order chi connectivity index (χ1) is 13.1. The first-order valence-electron chi connectivity index (χ1n) is 9.12. The second kappa shape index (κ2) is 7.19. The number of pyridine rings is 1. The maximum atomic E-state index is 13.4. The molecule has 1 saturated heterocycles. The summed E-state index contributed by atoms with van der Waals surface area (Å²) >= 11 is 0. The highest BCUT2D eigenvalue weighted by Gasteiger charge is 2.34. The van der Waals surface area contributed by atoms with Crippen LogP contribution in [0.2, 0.25) is 0 Å². The molecule has 0 radical (unpaired) electrons. The number of nitrogens with one attached hydrogen (secondary N) is 1. The molecule has 2 amide bonds. The molecule has 0 unspecified atom stereocenters. The summed E-state index contributed by atoms with van der Waals surface area (Å²) in [6.45, 7) is 2.85. The minimum absolute atomic E-state index is 0.103. The lowest BCUT2D eigenvalue weighted by atomic mass is 10.00. The molecule has 5 heteroatoms. The molecule has 136 valence electrons. The zero-order valence-electron chi connectivity index (χ0n) is 15.2. The van der Waals surface area contributed by atoms with Crippen molar-refractivity contribution in [2.24, 2.45) is 0 Å². The van der Waals surface area contributed by atoms with Crippen molar-refractivity contribution < 1.29 is 9.59 Å². The van der Waals surface area contributed by atoms with E-state index < -0.39 is 6.04 Å². The fourth-order valence-electron chi connectivity index (χ4n) is 3.64. The van der Waals surface area contributed by atoms with Crippen molar-refractivity contribution in [2.75, 3.05) is 13.1 Å². The molecule has 3 aromatic rings. The molecule has 1 atom stereocenters. The summed E-state index contributed by atoms with van der Waals surface area (Å²) in [6.07, 6.45) is 0.500. The van der Waals surface area contributed by atoms with Gasteiger partial charge in [0.1, 0.15) is 6.04 Å². The van der Waals surface area contributed by atoms with E-state index in [1.165, 1.54) is 0 Å². The van der Waals surface area contributed by atoms with Crippen molar-refractivity contribution in [3.8, 4) is 0 Å². The standard InChI is InChI=1S/C22H21N3O2/c1-15-13-18(17-9-5-6-10-19(17)24-15)22(27)25-12-11-23-21(26)20(25)14-16-7-3-2-4-8-16/h2-10,13,20H,11-12,14H2,1H3,(H,23,26)/t20-/m0/s1. The normalized spacial score (nSPS) is 17.0. The first-order valence-corrected chi connectivity index (χ1v) is 9.12. The molecule has 2 heterocycles. The number of nitrogens with zero attached hydrogens (tertiary/aromatic N) is 2. The minimum atomic E-state index is -0.513. The molecular formula is C22H21N3O2. The average molecular weight is 359 g/mol. The monoisotopic (exact) mass is 359 g/mol. The van der Waals surface area contributed by atoms with Crippen LogP contribution in [0.3, 0.4) is 0 Å². The van der Waals surface area contributed by atoms with E-state index in [0.717, 1.165) is 22.2 Å². The van der Waals surface area contributed by atoms with Gasteiger partial charge in [-0.25, -0.2) is 0 Å². The Kier molecular flexibility index (Phi) is 4.59. The number of benzene rings is 2. The van der Waals surface area contributed by atoms with Crippen molar-refractivity contribution in [3.63, 3.8) is 0 Å². The first kappa shape index (κ1) is 17.2. The van der Waals surface area contributed by atoms with E-state index in [1.807, 2.05) is 67.6 Å². The fraction of sp³-hybridized carbons (Fsp3) is 0.227. The predicted octanol–water partition coefficient (Wildman–Crippen LogP) is 2.73. The average Bonchev–Trinajstić information content (AvgIpc) is 2.69. The van der Waals surface area contributed by atoms with Gasteiger partial charge in [-0.05, 0) is 24.6 Å². The number of para-hydroxylation sites is 1. The van der Waals surface area contributed by atoms with Gasteiger partial charge in [-0.3, -0.25) is 14.6 Å². The highest BCUT2D eigenvalue weighted by atomic mass is 16.2. The third-order valence-corrected chi connectivity index (χ3v) is 4.94. The summed E-state index contributed by atoms with van der Waals surface area (Å²) in [5.74, 6) is -0.221. The molecule has 2 aromatic carbocycles. The van der Waals surface area contributed by atoms with E-state index >= 15 is 0 Å². The van der Waals surface area contributed by atoms with Crippen molar-refractivity contribution in [1.82, 2.24) is 15.2 Å². The van der Waals surface area contributed by atoms with Gasteiger partial charge in [0, 0.05) is 30.6 Å². The number of carbonyl (C=O) groups is 2. The van der Waals surface area contributed by atoms with Gasteiger partial charge in [-0.1, -0.05) is 48.5 Å². The smallest absolute Gasteiger partial charge is 0.255 e. The second-order valence-electron chi connectivity index (χ2n) is 6.82. The highest BCUT2D eigenvalue weighted by Crippen LogP contribution is 2.22. The number of piperazine rings is 1. The maximum Gasteiger partial charge on any atom is 0.255 e. The van der Waals surface area contributed by atoms with Crippen molar-refractivity contribution in [1.29, 1.82) is 0 Å². The van der Waals surface area contributed by atoms with Crippen LogP contribution in [0, 0.1) is 6.92 Å². The summed E-state index contributed by atoms with van der Waals surface area (Å²) < 4.78 is 0. The van der Waals surface area contributed by atoms with Crippen molar-refractivity contribution >= 4 is 22.7 Å². The van der Waals surface area contributed by atoms with Gasteiger partial charge in [0.05, 0.1) is 11.1 Å². The summed E-state index contributed by atoms with van der Waals surface area (Å²) in [5.41, 5.74) is 3.22. The predicted molar refractivity (Wildman–Crippen MR) is 104 cm³/mol. The van der Waals surface area contributed by atoms with Crippen LogP contribution < -0.4 is 5.32 Å². The molecule has 1 aliphatic heterocycles. The second-order valence-corrected chi connectivity index (χ2v) is 6.82. The van der Waals surface area contributed by atoms with E-state index in [9.17, 15) is 9.59 Å². The number of aromatic nitrogens is 1. The van der Waals surface area contributed by atoms with Crippen LogP contribution in [0.1, 0.15) is 21.6 Å². The number of hydrogen-bond donors (Lipinski definition) is 1. The van der Waals surface area contributed by atoms with Gasteiger partial charge >= 0.3 is 0 Å². The van der Waals surface area contributed by atoms with E-state index in [1.54, 1.807) is 4.90 Å². The van der Waals surface area contributed by atoms with Crippen LogP contribution in [-0.4, -0.2) is 40.8 Å². The fourth-order valence-corrected chi connectivity index (χ4v) is 3.64.